The Morgan fingerprint density at radius 2 is 1.64 bits per heavy atom. The fourth-order valence-corrected chi connectivity index (χ4v) is 5.18. The van der Waals surface area contributed by atoms with E-state index in [1.807, 2.05) is 71.7 Å². The predicted octanol–water partition coefficient (Wildman–Crippen LogP) is 4.57. The molecule has 2 aliphatic heterocycles. The number of piperazine rings is 1. The van der Waals surface area contributed by atoms with Crippen molar-refractivity contribution in [1.29, 1.82) is 0 Å². The first-order chi connectivity index (χ1) is 16.1. The summed E-state index contributed by atoms with van der Waals surface area (Å²) in [5.74, 6) is 0.0705. The Hall–Kier alpha value is -2.90. The largest absolute Gasteiger partial charge is 0.368 e. The summed E-state index contributed by atoms with van der Waals surface area (Å²) in [5.41, 5.74) is 2.28. The molecular weight excluding hydrogens is 450 g/mol. The van der Waals surface area contributed by atoms with E-state index < -0.39 is 0 Å². The molecule has 2 fully saturated rings. The van der Waals surface area contributed by atoms with Crippen LogP contribution in [-0.2, 0) is 9.59 Å². The summed E-state index contributed by atoms with van der Waals surface area (Å²) in [7, 11) is 0. The van der Waals surface area contributed by atoms with Gasteiger partial charge in [-0.3, -0.25) is 14.5 Å². The number of thioether (sulfide) groups is 1. The first-order valence-electron chi connectivity index (χ1n) is 11.2. The molecule has 170 valence electrons. The van der Waals surface area contributed by atoms with Gasteiger partial charge in [-0.25, -0.2) is 0 Å². The average Bonchev–Trinajstić information content (AvgIpc) is 3.13. The molecule has 0 spiro atoms. The number of hydrogen-bond acceptors (Lipinski definition) is 5. The summed E-state index contributed by atoms with van der Waals surface area (Å²) in [6, 6.07) is 20.2. The van der Waals surface area contributed by atoms with Gasteiger partial charge >= 0.3 is 0 Å². The van der Waals surface area contributed by atoms with Gasteiger partial charge in [0, 0.05) is 44.8 Å². The van der Waals surface area contributed by atoms with Gasteiger partial charge in [0.2, 0.25) is 5.91 Å². The monoisotopic (exact) mass is 477 g/mol. The zero-order chi connectivity index (χ0) is 23.0. The summed E-state index contributed by atoms with van der Waals surface area (Å²) in [4.78, 5) is 31.9. The van der Waals surface area contributed by atoms with Gasteiger partial charge in [-0.05, 0) is 30.2 Å². The molecule has 0 unspecified atom stereocenters. The average molecular weight is 478 g/mol. The number of thiocarbonyl (C=S) groups is 1. The summed E-state index contributed by atoms with van der Waals surface area (Å²) < 4.78 is 0.559. The third-order valence-electron chi connectivity index (χ3n) is 5.74. The molecule has 0 saturated carbocycles. The van der Waals surface area contributed by atoms with E-state index in [2.05, 4.69) is 17.0 Å². The third-order valence-corrected chi connectivity index (χ3v) is 7.13. The van der Waals surface area contributed by atoms with Gasteiger partial charge < -0.3 is 9.80 Å². The number of nitrogens with zero attached hydrogens (tertiary/aromatic N) is 3. The third kappa shape index (κ3) is 6.12. The second kappa shape index (κ2) is 11.3. The lowest BCUT2D eigenvalue weighted by Gasteiger charge is -2.36. The minimum absolute atomic E-state index is 0.0772. The van der Waals surface area contributed by atoms with E-state index in [1.54, 1.807) is 4.90 Å². The molecule has 0 radical (unpaired) electrons. The number of allylic oxidation sites excluding steroid dienone is 2. The highest BCUT2D eigenvalue weighted by Gasteiger charge is 2.31. The highest BCUT2D eigenvalue weighted by molar-refractivity contribution is 8.26. The molecule has 0 aromatic heterocycles. The van der Waals surface area contributed by atoms with Crippen molar-refractivity contribution in [3.05, 3.63) is 83.3 Å². The predicted molar refractivity (Wildman–Crippen MR) is 140 cm³/mol. The van der Waals surface area contributed by atoms with E-state index in [9.17, 15) is 9.59 Å². The Bertz CT molecular complexity index is 1050. The molecule has 2 amide bonds. The second-order valence-corrected chi connectivity index (χ2v) is 9.61. The first-order valence-corrected chi connectivity index (χ1v) is 12.4. The van der Waals surface area contributed by atoms with Gasteiger partial charge in [0.15, 0.2) is 0 Å². The zero-order valence-corrected chi connectivity index (χ0v) is 20.1. The van der Waals surface area contributed by atoms with Crippen molar-refractivity contribution in [3.8, 4) is 0 Å². The molecule has 4 rings (SSSR count). The van der Waals surface area contributed by atoms with Crippen LogP contribution in [0.3, 0.4) is 0 Å². The Kier molecular flexibility index (Phi) is 7.96. The summed E-state index contributed by atoms with van der Waals surface area (Å²) in [6.45, 7) is 3.61. The smallest absolute Gasteiger partial charge is 0.266 e. The van der Waals surface area contributed by atoms with Crippen molar-refractivity contribution in [2.75, 3.05) is 37.6 Å². The lowest BCUT2D eigenvalue weighted by atomic mass is 10.2. The maximum Gasteiger partial charge on any atom is 0.266 e. The van der Waals surface area contributed by atoms with Crippen LogP contribution in [0.4, 0.5) is 5.69 Å². The molecular formula is C26H27N3O2S2. The van der Waals surface area contributed by atoms with Crippen LogP contribution in [0.25, 0.3) is 6.08 Å². The molecule has 2 heterocycles. The fourth-order valence-electron chi connectivity index (χ4n) is 3.92. The number of benzene rings is 2. The van der Waals surface area contributed by atoms with Crippen LogP contribution in [0.15, 0.2) is 77.7 Å². The minimum Gasteiger partial charge on any atom is -0.368 e. The molecule has 0 aliphatic carbocycles. The van der Waals surface area contributed by atoms with E-state index >= 15 is 0 Å². The highest BCUT2D eigenvalue weighted by atomic mass is 32.2. The minimum atomic E-state index is -0.0772. The van der Waals surface area contributed by atoms with Gasteiger partial charge in [0.05, 0.1) is 4.91 Å². The fraction of sp³-hybridized carbons (Fsp3) is 0.269. The number of amides is 2. The number of hydrogen-bond donors (Lipinski definition) is 0. The Balaban J connectivity index is 1.22. The van der Waals surface area contributed by atoms with Crippen molar-refractivity contribution >= 4 is 51.9 Å². The van der Waals surface area contributed by atoms with Crippen molar-refractivity contribution in [2.24, 2.45) is 0 Å². The van der Waals surface area contributed by atoms with Crippen LogP contribution in [-0.4, -0.2) is 58.7 Å². The highest BCUT2D eigenvalue weighted by Crippen LogP contribution is 2.31. The van der Waals surface area contributed by atoms with Crippen LogP contribution in [0.2, 0.25) is 0 Å². The Morgan fingerprint density at radius 3 is 2.33 bits per heavy atom. The van der Waals surface area contributed by atoms with Gasteiger partial charge in [0.1, 0.15) is 4.32 Å². The second-order valence-electron chi connectivity index (χ2n) is 7.93. The molecule has 0 N–H and O–H groups in total. The summed E-state index contributed by atoms with van der Waals surface area (Å²) in [6.07, 6.45) is 6.68. The number of rotatable bonds is 7. The van der Waals surface area contributed by atoms with Gasteiger partial charge in [-0.1, -0.05) is 84.7 Å². The van der Waals surface area contributed by atoms with Crippen molar-refractivity contribution in [1.82, 2.24) is 9.80 Å². The zero-order valence-electron chi connectivity index (χ0n) is 18.4. The van der Waals surface area contributed by atoms with Crippen molar-refractivity contribution < 1.29 is 9.59 Å². The van der Waals surface area contributed by atoms with E-state index in [0.29, 0.717) is 28.6 Å². The number of para-hydroxylation sites is 1. The molecule has 33 heavy (non-hydrogen) atoms. The molecule has 0 atom stereocenters. The molecule has 2 saturated heterocycles. The van der Waals surface area contributed by atoms with Crippen LogP contribution < -0.4 is 4.90 Å². The van der Waals surface area contributed by atoms with Crippen LogP contribution in [0.1, 0.15) is 18.4 Å². The molecule has 5 nitrogen and oxygen atoms in total. The Labute approximate surface area is 204 Å². The topological polar surface area (TPSA) is 43.9 Å². The lowest BCUT2D eigenvalue weighted by molar-refractivity contribution is -0.132. The summed E-state index contributed by atoms with van der Waals surface area (Å²) in [5, 5.41) is 0. The number of carbonyl (C=O) groups excluding carboxylic acids is 2. The van der Waals surface area contributed by atoms with Crippen LogP contribution >= 0.6 is 24.0 Å². The molecule has 2 aliphatic rings. The maximum atomic E-state index is 12.7. The quantitative estimate of drug-likeness (QED) is 0.432. The molecule has 2 aromatic carbocycles. The molecule has 0 bridgehead atoms. The van der Waals surface area contributed by atoms with E-state index in [0.717, 1.165) is 31.7 Å². The van der Waals surface area contributed by atoms with Gasteiger partial charge in [-0.15, -0.1) is 0 Å². The molecule has 7 heteroatoms. The van der Waals surface area contributed by atoms with Crippen molar-refractivity contribution in [3.63, 3.8) is 0 Å². The van der Waals surface area contributed by atoms with E-state index in [1.165, 1.54) is 17.4 Å². The van der Waals surface area contributed by atoms with E-state index in [-0.39, 0.29) is 11.8 Å². The number of anilines is 1. The van der Waals surface area contributed by atoms with E-state index in [4.69, 9.17) is 12.2 Å². The normalized spacial score (nSPS) is 18.1. The van der Waals surface area contributed by atoms with Crippen LogP contribution in [0.5, 0.6) is 0 Å². The van der Waals surface area contributed by atoms with Gasteiger partial charge in [0.25, 0.3) is 5.91 Å². The van der Waals surface area contributed by atoms with Crippen LogP contribution in [0, 0.1) is 0 Å². The molecule has 2 aromatic rings. The number of carbonyl (C=O) groups is 2. The Morgan fingerprint density at radius 1 is 0.970 bits per heavy atom. The van der Waals surface area contributed by atoms with Gasteiger partial charge in [-0.2, -0.15) is 0 Å². The first kappa shape index (κ1) is 23.3. The lowest BCUT2D eigenvalue weighted by Crippen LogP contribution is -2.48. The summed E-state index contributed by atoms with van der Waals surface area (Å²) >= 11 is 6.72. The maximum absolute atomic E-state index is 12.7. The van der Waals surface area contributed by atoms with Crippen molar-refractivity contribution in [2.45, 2.75) is 12.8 Å². The standard InChI is InChI=1S/C26H27N3O2S2/c30-24(28-19-17-27(18-20-28)22-12-5-2-6-13-22)15-8-16-29-25(31)23(33-26(29)32)14-7-11-21-9-3-1-4-10-21/h1-7,9-14H,8,15-20H2. The SMILES string of the molecule is O=C(CCCN1C(=O)C(=CC=Cc2ccccc2)SC1=S)N1CCN(c2ccccc2)CC1.